The molecule has 3 aromatic rings. The van der Waals surface area contributed by atoms with Crippen LogP contribution in [-0.2, 0) is 24.2 Å². The van der Waals surface area contributed by atoms with Gasteiger partial charge in [-0.3, -0.25) is 4.79 Å². The van der Waals surface area contributed by atoms with Crippen LogP contribution in [-0.4, -0.2) is 26.4 Å². The van der Waals surface area contributed by atoms with E-state index < -0.39 is 11.6 Å². The largest absolute Gasteiger partial charge is 0.323 e. The van der Waals surface area contributed by atoms with Gasteiger partial charge in [0.1, 0.15) is 11.6 Å². The molecule has 1 amide bonds. The van der Waals surface area contributed by atoms with Crippen molar-refractivity contribution in [1.82, 2.24) is 14.8 Å². The van der Waals surface area contributed by atoms with Crippen molar-refractivity contribution in [3.63, 3.8) is 0 Å². The Morgan fingerprint density at radius 2 is 2.19 bits per heavy atom. The monoisotopic (exact) mass is 462 g/mol. The number of carbonyl (C=O) groups excluding carboxylic acids is 1. The molecular formula is C22H24F2N4OS2. The summed E-state index contributed by atoms with van der Waals surface area (Å²) in [6, 6.07) is 3.07. The zero-order valence-corrected chi connectivity index (χ0v) is 19.1. The van der Waals surface area contributed by atoms with Gasteiger partial charge in [0, 0.05) is 28.4 Å². The maximum Gasteiger partial charge on any atom is 0.234 e. The van der Waals surface area contributed by atoms with Crippen LogP contribution in [0, 0.1) is 17.6 Å². The average Bonchev–Trinajstić information content (AvgIpc) is 3.32. The lowest BCUT2D eigenvalue weighted by atomic mass is 9.88. The minimum atomic E-state index is -0.800. The fourth-order valence-electron chi connectivity index (χ4n) is 3.79. The van der Waals surface area contributed by atoms with E-state index in [1.54, 1.807) is 11.3 Å². The summed E-state index contributed by atoms with van der Waals surface area (Å²) in [4.78, 5) is 13.7. The van der Waals surface area contributed by atoms with E-state index in [2.05, 4.69) is 39.3 Å². The maximum absolute atomic E-state index is 13.8. The second-order valence-corrected chi connectivity index (χ2v) is 9.72. The molecule has 0 spiro atoms. The Balaban J connectivity index is 1.50. The van der Waals surface area contributed by atoms with Gasteiger partial charge in [0.2, 0.25) is 5.91 Å². The number of thioether (sulfide) groups is 1. The van der Waals surface area contributed by atoms with E-state index in [9.17, 15) is 13.6 Å². The first-order chi connectivity index (χ1) is 15.0. The van der Waals surface area contributed by atoms with Gasteiger partial charge in [0.05, 0.1) is 11.4 Å². The molecule has 0 bridgehead atoms. The van der Waals surface area contributed by atoms with Gasteiger partial charge in [-0.25, -0.2) is 8.78 Å². The predicted octanol–water partition coefficient (Wildman–Crippen LogP) is 5.55. The third-order valence-electron chi connectivity index (χ3n) is 5.34. The number of amides is 1. The second-order valence-electron chi connectivity index (χ2n) is 7.82. The number of fused-ring (bicyclic) bond motifs is 1. The maximum atomic E-state index is 13.8. The van der Waals surface area contributed by atoms with Crippen LogP contribution < -0.4 is 5.32 Å². The second kappa shape index (κ2) is 9.48. The Bertz CT molecular complexity index is 1100. The first-order valence-corrected chi connectivity index (χ1v) is 12.2. The van der Waals surface area contributed by atoms with Gasteiger partial charge in [-0.05, 0) is 49.3 Å². The molecule has 0 saturated heterocycles. The van der Waals surface area contributed by atoms with E-state index in [4.69, 9.17) is 0 Å². The summed E-state index contributed by atoms with van der Waals surface area (Å²) in [7, 11) is 0. The lowest BCUT2D eigenvalue weighted by Gasteiger charge is -2.19. The number of rotatable bonds is 7. The summed E-state index contributed by atoms with van der Waals surface area (Å²) in [6.07, 6.45) is 4.27. The Labute approximate surface area is 188 Å². The summed E-state index contributed by atoms with van der Waals surface area (Å²) in [6.45, 7) is 5.13. The Kier molecular flexibility index (Phi) is 6.71. The number of carbonyl (C=O) groups is 1. The van der Waals surface area contributed by atoms with E-state index in [-0.39, 0.29) is 17.3 Å². The normalized spacial score (nSPS) is 15.7. The molecule has 1 aliphatic rings. The number of nitrogens with zero attached hydrogens (tertiary/aromatic N) is 3. The topological polar surface area (TPSA) is 59.8 Å². The van der Waals surface area contributed by atoms with E-state index >= 15 is 0 Å². The van der Waals surface area contributed by atoms with Crippen molar-refractivity contribution >= 4 is 34.7 Å². The molecule has 1 N–H and O–H groups in total. The van der Waals surface area contributed by atoms with Crippen molar-refractivity contribution in [1.29, 1.82) is 0 Å². The summed E-state index contributed by atoms with van der Waals surface area (Å²) in [5.74, 6) is -0.256. The highest BCUT2D eigenvalue weighted by molar-refractivity contribution is 7.99. The van der Waals surface area contributed by atoms with Gasteiger partial charge in [0.25, 0.3) is 0 Å². The number of hydrogen-bond donors (Lipinski definition) is 1. The van der Waals surface area contributed by atoms with E-state index in [1.165, 1.54) is 34.7 Å². The number of anilines is 1. The van der Waals surface area contributed by atoms with Gasteiger partial charge in [0.15, 0.2) is 11.0 Å². The molecule has 164 valence electrons. The average molecular weight is 463 g/mol. The van der Waals surface area contributed by atoms with Crippen molar-refractivity contribution in [2.75, 3.05) is 11.1 Å². The highest BCUT2D eigenvalue weighted by atomic mass is 32.2. The van der Waals surface area contributed by atoms with E-state index in [0.29, 0.717) is 11.1 Å². The van der Waals surface area contributed by atoms with Crippen LogP contribution >= 0.6 is 23.1 Å². The molecule has 1 atom stereocenters. The zero-order valence-electron chi connectivity index (χ0n) is 17.5. The van der Waals surface area contributed by atoms with E-state index in [0.717, 1.165) is 49.3 Å². The summed E-state index contributed by atoms with van der Waals surface area (Å²) < 4.78 is 28.9. The Morgan fingerprint density at radius 1 is 1.35 bits per heavy atom. The highest BCUT2D eigenvalue weighted by Gasteiger charge is 2.24. The number of benzene rings is 1. The molecule has 1 unspecified atom stereocenters. The predicted molar refractivity (Wildman–Crippen MR) is 121 cm³/mol. The number of nitrogens with one attached hydrogen (secondary N) is 1. The minimum absolute atomic E-state index is 0.0400. The molecule has 31 heavy (non-hydrogen) atoms. The Hall–Kier alpha value is -2.26. The van der Waals surface area contributed by atoms with Gasteiger partial charge in [-0.1, -0.05) is 25.6 Å². The molecule has 0 fully saturated rings. The quantitative estimate of drug-likeness (QED) is 0.468. The third kappa shape index (κ3) is 4.82. The van der Waals surface area contributed by atoms with Crippen LogP contribution in [0.1, 0.15) is 37.1 Å². The number of thiophene rings is 1. The SMILES string of the molecule is CCCn1c(SCC(=O)Nc2ccc(F)cc2F)nnc1-c1csc2c1CCC(C)C2. The summed E-state index contributed by atoms with van der Waals surface area (Å²) in [5.41, 5.74) is 2.49. The van der Waals surface area contributed by atoms with Gasteiger partial charge >= 0.3 is 0 Å². The van der Waals surface area contributed by atoms with Crippen LogP contribution in [0.5, 0.6) is 0 Å². The molecule has 2 heterocycles. The number of hydrogen-bond acceptors (Lipinski definition) is 5. The third-order valence-corrected chi connectivity index (χ3v) is 7.36. The molecule has 9 heteroatoms. The zero-order chi connectivity index (χ0) is 22.0. The van der Waals surface area contributed by atoms with Crippen molar-refractivity contribution in [2.45, 2.75) is 51.2 Å². The van der Waals surface area contributed by atoms with E-state index in [1.807, 2.05) is 0 Å². The molecule has 1 aromatic carbocycles. The van der Waals surface area contributed by atoms with Crippen molar-refractivity contribution in [2.24, 2.45) is 5.92 Å². The molecule has 1 aliphatic carbocycles. The molecule has 2 aromatic heterocycles. The molecule has 4 rings (SSSR count). The summed E-state index contributed by atoms with van der Waals surface area (Å²) in [5, 5.41) is 14.1. The van der Waals surface area contributed by atoms with Gasteiger partial charge in [-0.15, -0.1) is 21.5 Å². The fraction of sp³-hybridized carbons (Fsp3) is 0.409. The van der Waals surface area contributed by atoms with Gasteiger partial charge in [-0.2, -0.15) is 0 Å². The fourth-order valence-corrected chi connectivity index (χ4v) is 5.80. The molecule has 0 saturated carbocycles. The minimum Gasteiger partial charge on any atom is -0.323 e. The van der Waals surface area contributed by atoms with Crippen molar-refractivity contribution in [3.8, 4) is 11.4 Å². The smallest absolute Gasteiger partial charge is 0.234 e. The van der Waals surface area contributed by atoms with Crippen LogP contribution in [0.4, 0.5) is 14.5 Å². The van der Waals surface area contributed by atoms with Crippen LogP contribution in [0.2, 0.25) is 0 Å². The van der Waals surface area contributed by atoms with Gasteiger partial charge < -0.3 is 9.88 Å². The first-order valence-electron chi connectivity index (χ1n) is 10.4. The Morgan fingerprint density at radius 3 is 2.97 bits per heavy atom. The highest BCUT2D eigenvalue weighted by Crippen LogP contribution is 2.38. The van der Waals surface area contributed by atoms with Crippen LogP contribution in [0.25, 0.3) is 11.4 Å². The van der Waals surface area contributed by atoms with Crippen LogP contribution in [0.3, 0.4) is 0 Å². The number of halogens is 2. The molecule has 5 nitrogen and oxygen atoms in total. The van der Waals surface area contributed by atoms with Crippen LogP contribution in [0.15, 0.2) is 28.7 Å². The molecule has 0 radical (unpaired) electrons. The molecular weight excluding hydrogens is 438 g/mol. The molecule has 0 aliphatic heterocycles. The lowest BCUT2D eigenvalue weighted by molar-refractivity contribution is -0.113. The van der Waals surface area contributed by atoms with Crippen molar-refractivity contribution < 1.29 is 13.6 Å². The van der Waals surface area contributed by atoms with Crippen molar-refractivity contribution in [3.05, 3.63) is 45.7 Å². The summed E-state index contributed by atoms with van der Waals surface area (Å²) >= 11 is 3.06. The lowest BCUT2D eigenvalue weighted by Crippen LogP contribution is -2.16. The standard InChI is InChI=1S/C22H24F2N4OS2/c1-3-8-28-21(16-11-30-19-9-13(2)4-6-15(16)19)26-27-22(28)31-12-20(29)25-18-7-5-14(23)10-17(18)24/h5,7,10-11,13H,3-4,6,8-9,12H2,1-2H3,(H,25,29). The first kappa shape index (κ1) is 22.0. The number of aromatic nitrogens is 3.